The van der Waals surface area contributed by atoms with Gasteiger partial charge in [0.15, 0.2) is 0 Å². The lowest BCUT2D eigenvalue weighted by Gasteiger charge is -2.13. The molecule has 108 valence electrons. The normalized spacial score (nSPS) is 11.5. The molecule has 5 heteroatoms. The minimum atomic E-state index is -0.292. The van der Waals surface area contributed by atoms with E-state index in [9.17, 15) is 9.50 Å². The van der Waals surface area contributed by atoms with Crippen molar-refractivity contribution in [3.63, 3.8) is 0 Å². The van der Waals surface area contributed by atoms with Crippen LogP contribution in [0.2, 0.25) is 5.02 Å². The number of imidazole rings is 1. The summed E-state index contributed by atoms with van der Waals surface area (Å²) in [5.41, 5.74) is 2.25. The lowest BCUT2D eigenvalue weighted by molar-refractivity contribution is 0.475. The zero-order chi connectivity index (χ0) is 15.1. The molecule has 1 heterocycles. The number of phenols is 1. The predicted octanol–water partition coefficient (Wildman–Crippen LogP) is 4.78. The average molecular weight is 305 g/mol. The van der Waals surface area contributed by atoms with E-state index < -0.39 is 0 Å². The Morgan fingerprint density at radius 1 is 1.19 bits per heavy atom. The molecular weight excluding hydrogens is 291 g/mol. The molecule has 0 spiro atoms. The molecule has 0 radical (unpaired) electrons. The minimum absolute atomic E-state index is 0.0265. The summed E-state index contributed by atoms with van der Waals surface area (Å²) in [6.07, 6.45) is 0. The van der Waals surface area contributed by atoms with E-state index in [0.29, 0.717) is 5.82 Å². The molecule has 21 heavy (non-hydrogen) atoms. The van der Waals surface area contributed by atoms with E-state index in [1.54, 1.807) is 18.2 Å². The van der Waals surface area contributed by atoms with E-state index in [1.165, 1.54) is 18.2 Å². The van der Waals surface area contributed by atoms with Gasteiger partial charge in [0.2, 0.25) is 0 Å². The van der Waals surface area contributed by atoms with Crippen LogP contribution in [0.25, 0.3) is 22.4 Å². The summed E-state index contributed by atoms with van der Waals surface area (Å²) in [5.74, 6) is 0.436. The van der Waals surface area contributed by atoms with E-state index in [2.05, 4.69) is 4.98 Å². The highest BCUT2D eigenvalue weighted by molar-refractivity contribution is 6.32. The van der Waals surface area contributed by atoms with E-state index in [4.69, 9.17) is 11.6 Å². The molecule has 0 saturated carbocycles. The largest absolute Gasteiger partial charge is 0.506 e. The van der Waals surface area contributed by atoms with Gasteiger partial charge in [-0.05, 0) is 50.2 Å². The molecule has 0 aliphatic heterocycles. The summed E-state index contributed by atoms with van der Waals surface area (Å²) < 4.78 is 15.5. The molecule has 3 rings (SSSR count). The number of fused-ring (bicyclic) bond motifs is 1. The van der Waals surface area contributed by atoms with Crippen molar-refractivity contribution in [2.75, 3.05) is 0 Å². The molecule has 0 aliphatic rings. The fraction of sp³-hybridized carbons (Fsp3) is 0.188. The van der Waals surface area contributed by atoms with Crippen molar-refractivity contribution in [3.8, 4) is 17.1 Å². The molecule has 1 aromatic heterocycles. The summed E-state index contributed by atoms with van der Waals surface area (Å²) >= 11 is 5.97. The Morgan fingerprint density at radius 3 is 2.62 bits per heavy atom. The number of aromatic hydroxyl groups is 1. The summed E-state index contributed by atoms with van der Waals surface area (Å²) in [4.78, 5) is 4.57. The Bertz CT molecular complexity index is 827. The van der Waals surface area contributed by atoms with Gasteiger partial charge in [-0.25, -0.2) is 9.37 Å². The van der Waals surface area contributed by atoms with Crippen LogP contribution < -0.4 is 0 Å². The summed E-state index contributed by atoms with van der Waals surface area (Å²) in [5, 5.41) is 9.80. The zero-order valence-electron chi connectivity index (χ0n) is 11.6. The SMILES string of the molecule is CC(C)n1c(-c2ccc(O)c(Cl)c2)nc2ccc(F)cc21. The molecule has 0 aliphatic carbocycles. The fourth-order valence-electron chi connectivity index (χ4n) is 2.44. The van der Waals surface area contributed by atoms with Crippen LogP contribution in [0.3, 0.4) is 0 Å². The lowest BCUT2D eigenvalue weighted by Crippen LogP contribution is -2.03. The standard InChI is InChI=1S/C16H14ClFN2O/c1-9(2)20-14-8-11(18)4-5-13(14)19-16(20)10-3-6-15(21)12(17)7-10/h3-9,21H,1-2H3. The Morgan fingerprint density at radius 2 is 1.95 bits per heavy atom. The molecule has 0 amide bonds. The quantitative estimate of drug-likeness (QED) is 0.739. The minimum Gasteiger partial charge on any atom is -0.506 e. The first-order chi connectivity index (χ1) is 9.97. The third kappa shape index (κ3) is 2.36. The molecular formula is C16H14ClFN2O. The molecule has 0 saturated heterocycles. The molecule has 0 bridgehead atoms. The zero-order valence-corrected chi connectivity index (χ0v) is 12.4. The van der Waals surface area contributed by atoms with Crippen LogP contribution in [0.15, 0.2) is 36.4 Å². The summed E-state index contributed by atoms with van der Waals surface area (Å²) in [6.45, 7) is 4.02. The Balaban J connectivity index is 2.30. The van der Waals surface area contributed by atoms with Crippen LogP contribution in [0.4, 0.5) is 4.39 Å². The van der Waals surface area contributed by atoms with Crippen molar-refractivity contribution in [1.29, 1.82) is 0 Å². The third-order valence-corrected chi connectivity index (χ3v) is 3.68. The summed E-state index contributed by atoms with van der Waals surface area (Å²) in [6, 6.07) is 9.59. The molecule has 1 N–H and O–H groups in total. The van der Waals surface area contributed by atoms with Gasteiger partial charge in [0.1, 0.15) is 17.4 Å². The molecule has 0 unspecified atom stereocenters. The van der Waals surface area contributed by atoms with Crippen molar-refractivity contribution in [1.82, 2.24) is 9.55 Å². The smallest absolute Gasteiger partial charge is 0.141 e. The fourth-order valence-corrected chi connectivity index (χ4v) is 2.62. The van der Waals surface area contributed by atoms with E-state index in [-0.39, 0.29) is 22.6 Å². The van der Waals surface area contributed by atoms with Gasteiger partial charge < -0.3 is 9.67 Å². The van der Waals surface area contributed by atoms with Gasteiger partial charge in [0, 0.05) is 11.6 Å². The molecule has 2 aromatic carbocycles. The first kappa shape index (κ1) is 13.9. The summed E-state index contributed by atoms with van der Waals surface area (Å²) in [7, 11) is 0. The van der Waals surface area contributed by atoms with Gasteiger partial charge in [0.05, 0.1) is 16.1 Å². The molecule has 0 atom stereocenters. The molecule has 0 fully saturated rings. The Labute approximate surface area is 126 Å². The van der Waals surface area contributed by atoms with Crippen LogP contribution in [-0.4, -0.2) is 14.7 Å². The van der Waals surface area contributed by atoms with Crippen molar-refractivity contribution < 1.29 is 9.50 Å². The second-order valence-electron chi connectivity index (χ2n) is 5.20. The highest BCUT2D eigenvalue weighted by Gasteiger charge is 2.16. The highest BCUT2D eigenvalue weighted by atomic mass is 35.5. The van der Waals surface area contributed by atoms with Gasteiger partial charge in [-0.1, -0.05) is 11.6 Å². The second-order valence-corrected chi connectivity index (χ2v) is 5.61. The first-order valence-electron chi connectivity index (χ1n) is 6.63. The number of benzene rings is 2. The average Bonchev–Trinajstić information content (AvgIpc) is 2.80. The Kier molecular flexibility index (Phi) is 3.33. The van der Waals surface area contributed by atoms with Gasteiger partial charge in [-0.15, -0.1) is 0 Å². The van der Waals surface area contributed by atoms with Crippen LogP contribution in [0.5, 0.6) is 5.75 Å². The second kappa shape index (κ2) is 5.04. The number of phenolic OH excluding ortho intramolecular Hbond substituents is 1. The van der Waals surface area contributed by atoms with Gasteiger partial charge >= 0.3 is 0 Å². The topological polar surface area (TPSA) is 38.0 Å². The number of hydrogen-bond acceptors (Lipinski definition) is 2. The van der Waals surface area contributed by atoms with E-state index in [0.717, 1.165) is 16.6 Å². The van der Waals surface area contributed by atoms with Gasteiger partial charge in [0.25, 0.3) is 0 Å². The highest BCUT2D eigenvalue weighted by Crippen LogP contribution is 2.32. The third-order valence-electron chi connectivity index (χ3n) is 3.37. The predicted molar refractivity (Wildman–Crippen MR) is 82.2 cm³/mol. The number of halogens is 2. The number of nitrogens with zero attached hydrogens (tertiary/aromatic N) is 2. The van der Waals surface area contributed by atoms with Crippen molar-refractivity contribution in [2.24, 2.45) is 0 Å². The van der Waals surface area contributed by atoms with Crippen LogP contribution >= 0.6 is 11.6 Å². The van der Waals surface area contributed by atoms with E-state index >= 15 is 0 Å². The Hall–Kier alpha value is -2.07. The van der Waals surface area contributed by atoms with E-state index in [1.807, 2.05) is 18.4 Å². The number of aromatic nitrogens is 2. The number of rotatable bonds is 2. The molecule has 3 nitrogen and oxygen atoms in total. The van der Waals surface area contributed by atoms with Crippen molar-refractivity contribution in [3.05, 3.63) is 47.2 Å². The maximum Gasteiger partial charge on any atom is 0.141 e. The van der Waals surface area contributed by atoms with Crippen LogP contribution in [0, 0.1) is 5.82 Å². The van der Waals surface area contributed by atoms with Gasteiger partial charge in [-0.2, -0.15) is 0 Å². The van der Waals surface area contributed by atoms with Crippen LogP contribution in [0.1, 0.15) is 19.9 Å². The van der Waals surface area contributed by atoms with Crippen molar-refractivity contribution >= 4 is 22.6 Å². The number of hydrogen-bond donors (Lipinski definition) is 1. The maximum atomic E-state index is 13.5. The first-order valence-corrected chi connectivity index (χ1v) is 7.01. The van der Waals surface area contributed by atoms with Crippen LogP contribution in [-0.2, 0) is 0 Å². The lowest BCUT2D eigenvalue weighted by atomic mass is 10.2. The van der Waals surface area contributed by atoms with Gasteiger partial charge in [-0.3, -0.25) is 0 Å². The van der Waals surface area contributed by atoms with Crippen molar-refractivity contribution in [2.45, 2.75) is 19.9 Å². The maximum absolute atomic E-state index is 13.5. The monoisotopic (exact) mass is 304 g/mol. The molecule has 3 aromatic rings.